The third-order valence-corrected chi connectivity index (χ3v) is 11.6. The van der Waals surface area contributed by atoms with Gasteiger partial charge in [-0.15, -0.1) is 0 Å². The summed E-state index contributed by atoms with van der Waals surface area (Å²) in [5, 5.41) is 22.6. The zero-order valence-corrected chi connectivity index (χ0v) is 38.7. The van der Waals surface area contributed by atoms with Crippen molar-refractivity contribution in [3.8, 4) is 11.8 Å². The number of hydrogen-bond acceptors (Lipinski definition) is 10. The minimum atomic E-state index is -0.862. The van der Waals surface area contributed by atoms with Crippen molar-refractivity contribution >= 4 is 78.3 Å². The molecule has 2 saturated heterocycles. The minimum absolute atomic E-state index is 0. The fourth-order valence-corrected chi connectivity index (χ4v) is 8.08. The SMILES string of the molecule is O=Cc1cc(C(=O)c2ccccc2Cl)ccc1N1CC[C@H](Oc2ncccc2Cl)C1.OCc1cc(C(O)c2ccccc2Cl)ccc1N1CC[C@H](Oc2ncccc2Cl)C1.[B].[H-].[Na+]. The van der Waals surface area contributed by atoms with Crippen LogP contribution in [-0.2, 0) is 6.61 Å². The average Bonchev–Trinajstić information content (AvgIpc) is 3.95. The van der Waals surface area contributed by atoms with Gasteiger partial charge in [-0.1, -0.05) is 82.8 Å². The van der Waals surface area contributed by atoms with Crippen LogP contribution in [0.4, 0.5) is 11.4 Å². The van der Waals surface area contributed by atoms with Gasteiger partial charge in [0.2, 0.25) is 11.8 Å². The Morgan fingerprint density at radius 2 is 1.29 bits per heavy atom. The summed E-state index contributed by atoms with van der Waals surface area (Å²) in [5.41, 5.74) is 5.03. The van der Waals surface area contributed by atoms with Gasteiger partial charge in [0.05, 0.1) is 24.7 Å². The number of aldehydes is 1. The molecular weight excluding hydrogens is 880 g/mol. The number of ketones is 1. The number of rotatable bonds is 12. The van der Waals surface area contributed by atoms with Gasteiger partial charge in [0.25, 0.3) is 0 Å². The number of anilines is 2. The van der Waals surface area contributed by atoms with Crippen LogP contribution < -0.4 is 48.8 Å². The first-order chi connectivity index (χ1) is 29.1. The Hall–Kier alpha value is -4.14. The van der Waals surface area contributed by atoms with Crippen molar-refractivity contribution in [2.75, 3.05) is 36.0 Å². The molecule has 2 N–H and O–H groups in total. The van der Waals surface area contributed by atoms with Gasteiger partial charge in [-0.25, -0.2) is 9.97 Å². The maximum atomic E-state index is 12.8. The number of aromatic nitrogens is 2. The summed E-state index contributed by atoms with van der Waals surface area (Å²) in [4.78, 5) is 37.1. The number of carbonyl (C=O) groups excluding carboxylic acids is 2. The first kappa shape index (κ1) is 48.9. The zero-order valence-electron chi connectivity index (χ0n) is 34.7. The third-order valence-electron chi connectivity index (χ3n) is 10.3. The molecule has 3 radical (unpaired) electrons. The van der Waals surface area contributed by atoms with E-state index in [4.69, 9.17) is 55.9 Å². The van der Waals surface area contributed by atoms with Crippen LogP contribution in [0.1, 0.15) is 63.3 Å². The van der Waals surface area contributed by atoms with Crippen LogP contribution in [-0.4, -0.2) is 79.1 Å². The van der Waals surface area contributed by atoms with Crippen LogP contribution in [0.5, 0.6) is 11.8 Å². The van der Waals surface area contributed by atoms with Crippen molar-refractivity contribution in [1.82, 2.24) is 9.97 Å². The molecule has 0 saturated carbocycles. The summed E-state index contributed by atoms with van der Waals surface area (Å²) < 4.78 is 11.9. The van der Waals surface area contributed by atoms with Gasteiger partial charge in [-0.3, -0.25) is 9.59 Å². The molecule has 16 heteroatoms. The molecule has 62 heavy (non-hydrogen) atoms. The van der Waals surface area contributed by atoms with E-state index in [2.05, 4.69) is 19.8 Å². The van der Waals surface area contributed by atoms with Crippen LogP contribution >= 0.6 is 46.4 Å². The van der Waals surface area contributed by atoms with E-state index in [9.17, 15) is 19.8 Å². The molecule has 3 atom stereocenters. The Bertz CT molecular complexity index is 2500. The second kappa shape index (κ2) is 23.0. The van der Waals surface area contributed by atoms with E-state index in [1.807, 2.05) is 30.3 Å². The fourth-order valence-electron chi connectivity index (χ4n) is 7.28. The Labute approximate surface area is 406 Å². The first-order valence-corrected chi connectivity index (χ1v) is 20.7. The number of pyridine rings is 2. The molecule has 6 aromatic rings. The summed E-state index contributed by atoms with van der Waals surface area (Å²) in [5.74, 6) is 0.622. The third kappa shape index (κ3) is 11.7. The first-order valence-electron chi connectivity index (χ1n) is 19.2. The monoisotopic (exact) mass is 919 g/mol. The van der Waals surface area contributed by atoms with Gasteiger partial charge in [0.1, 0.15) is 28.4 Å². The normalized spacial score (nSPS) is 16.0. The van der Waals surface area contributed by atoms with E-state index >= 15 is 0 Å². The predicted molar refractivity (Wildman–Crippen MR) is 242 cm³/mol. The molecule has 0 amide bonds. The van der Waals surface area contributed by atoms with Crippen molar-refractivity contribution in [3.63, 3.8) is 0 Å². The standard InChI is InChI=1S/C23H22Cl2N2O3.C23H18Cl2N2O3.B.Na.H/c2*24-19-5-2-1-4-18(19)22(29)15-7-8-21(16(12-15)14-28)27-11-9-17(13-27)30-23-20(25)6-3-10-26-23;;;/h1-8,10,12,17,22,28-29H,9,11,13-14H2;1-8,10,12,14,17H,9,11,13H2;;;/q;;;+1;-1/t17-,22?;17-;;;/m00.../s1. The summed E-state index contributed by atoms with van der Waals surface area (Å²) in [7, 11) is 0. The molecule has 2 aromatic heterocycles. The number of aliphatic hydroxyl groups is 2. The van der Waals surface area contributed by atoms with E-state index in [-0.39, 0.29) is 64.0 Å². The number of aliphatic hydroxyl groups excluding tert-OH is 2. The van der Waals surface area contributed by atoms with E-state index in [1.165, 1.54) is 0 Å². The molecule has 0 spiro atoms. The van der Waals surface area contributed by atoms with Crippen molar-refractivity contribution in [2.24, 2.45) is 0 Å². The Kier molecular flexibility index (Phi) is 18.1. The van der Waals surface area contributed by atoms with Crippen LogP contribution in [0.3, 0.4) is 0 Å². The number of nitrogens with zero attached hydrogens (tertiary/aromatic N) is 4. The second-order valence-corrected chi connectivity index (χ2v) is 15.8. The molecule has 8 rings (SSSR count). The molecule has 0 bridgehead atoms. The zero-order chi connectivity index (χ0) is 42.2. The summed E-state index contributed by atoms with van der Waals surface area (Å²) in [6.07, 6.45) is 4.64. The van der Waals surface area contributed by atoms with Gasteiger partial charge in [0.15, 0.2) is 12.1 Å². The molecule has 2 aliphatic rings. The average molecular weight is 921 g/mol. The summed E-state index contributed by atoms with van der Waals surface area (Å²) in [6.45, 7) is 2.62. The number of halogens is 4. The van der Waals surface area contributed by atoms with Crippen molar-refractivity contribution < 1.29 is 60.3 Å². The molecule has 4 heterocycles. The van der Waals surface area contributed by atoms with Gasteiger partial charge in [-0.05, 0) is 78.4 Å². The van der Waals surface area contributed by atoms with Crippen molar-refractivity contribution in [3.05, 3.63) is 175 Å². The van der Waals surface area contributed by atoms with E-state index in [1.54, 1.807) is 91.3 Å². The van der Waals surface area contributed by atoms with Crippen LogP contribution in [0.25, 0.3) is 0 Å². The number of ether oxygens (including phenoxy) is 2. The summed E-state index contributed by atoms with van der Waals surface area (Å²) >= 11 is 24.6. The maximum absolute atomic E-state index is 12.8. The Morgan fingerprint density at radius 3 is 1.85 bits per heavy atom. The minimum Gasteiger partial charge on any atom is -1.00 e. The number of carbonyl (C=O) groups is 2. The van der Waals surface area contributed by atoms with Crippen LogP contribution in [0.15, 0.2) is 122 Å². The van der Waals surface area contributed by atoms with Crippen molar-refractivity contribution in [2.45, 2.75) is 37.8 Å². The molecule has 1 unspecified atom stereocenters. The van der Waals surface area contributed by atoms with Gasteiger partial charge < -0.3 is 30.9 Å². The van der Waals surface area contributed by atoms with Crippen molar-refractivity contribution in [1.29, 1.82) is 0 Å². The van der Waals surface area contributed by atoms with Gasteiger partial charge in [-0.2, -0.15) is 0 Å². The van der Waals surface area contributed by atoms with Gasteiger partial charge >= 0.3 is 29.6 Å². The molecule has 313 valence electrons. The smallest absolute Gasteiger partial charge is 1.00 e. The molecular formula is C46H41BCl4N4NaO6. The van der Waals surface area contributed by atoms with Crippen LogP contribution in [0, 0.1) is 0 Å². The number of benzene rings is 4. The Balaban J connectivity index is 0.000000264. The second-order valence-electron chi connectivity index (χ2n) is 14.2. The molecule has 4 aromatic carbocycles. The largest absolute Gasteiger partial charge is 1.00 e. The molecule has 2 fully saturated rings. The quantitative estimate of drug-likeness (QED) is 0.0805. The van der Waals surface area contributed by atoms with Crippen LogP contribution in [0.2, 0.25) is 20.1 Å². The maximum Gasteiger partial charge on any atom is 1.00 e. The summed E-state index contributed by atoms with van der Waals surface area (Å²) in [6, 6.07) is 31.8. The predicted octanol–water partition coefficient (Wildman–Crippen LogP) is 6.45. The molecule has 0 aliphatic carbocycles. The Morgan fingerprint density at radius 1 is 0.742 bits per heavy atom. The number of hydrogen-bond donors (Lipinski definition) is 2. The van der Waals surface area contributed by atoms with E-state index < -0.39 is 6.10 Å². The van der Waals surface area contributed by atoms with Gasteiger partial charge in [0, 0.05) is 91.0 Å². The molecule has 2 aliphatic heterocycles. The van der Waals surface area contributed by atoms with E-state index in [0.29, 0.717) is 79.3 Å². The topological polar surface area (TPSA) is 125 Å². The fraction of sp³-hybridized carbons (Fsp3) is 0.217. The molecule has 10 nitrogen and oxygen atoms in total. The van der Waals surface area contributed by atoms with E-state index in [0.717, 1.165) is 42.6 Å².